The van der Waals surface area contributed by atoms with Crippen molar-refractivity contribution in [3.8, 4) is 0 Å². The van der Waals surface area contributed by atoms with Crippen LogP contribution in [0.15, 0.2) is 78.9 Å². The van der Waals surface area contributed by atoms with E-state index in [1.54, 1.807) is 12.1 Å². The highest BCUT2D eigenvalue weighted by atomic mass is 16.2. The maximum absolute atomic E-state index is 13.1. The minimum absolute atomic E-state index is 0.0211. The molecule has 0 radical (unpaired) electrons. The molecule has 2 N–H and O–H groups in total. The molecule has 2 amide bonds. The zero-order valence-electron chi connectivity index (χ0n) is 19.1. The van der Waals surface area contributed by atoms with Crippen molar-refractivity contribution < 1.29 is 9.59 Å². The van der Waals surface area contributed by atoms with E-state index in [2.05, 4.69) is 46.7 Å². The van der Waals surface area contributed by atoms with Crippen molar-refractivity contribution in [2.75, 3.05) is 18.4 Å². The summed E-state index contributed by atoms with van der Waals surface area (Å²) in [6.07, 6.45) is 1.85. The summed E-state index contributed by atoms with van der Waals surface area (Å²) in [5.74, 6) is -0.310. The normalized spacial score (nSPS) is 16.2. The number of nitrogens with zero attached hydrogens (tertiary/aromatic N) is 1. The van der Waals surface area contributed by atoms with Gasteiger partial charge in [-0.2, -0.15) is 0 Å². The van der Waals surface area contributed by atoms with E-state index in [4.69, 9.17) is 0 Å². The number of aryl methyl sites for hydroxylation is 1. The van der Waals surface area contributed by atoms with Crippen molar-refractivity contribution in [2.45, 2.75) is 32.9 Å². The van der Waals surface area contributed by atoms with E-state index in [0.717, 1.165) is 38.0 Å². The van der Waals surface area contributed by atoms with Crippen LogP contribution in [0.3, 0.4) is 0 Å². The Bertz CT molecular complexity index is 1100. The van der Waals surface area contributed by atoms with Crippen LogP contribution in [0.25, 0.3) is 0 Å². The van der Waals surface area contributed by atoms with Crippen molar-refractivity contribution in [2.24, 2.45) is 5.92 Å². The van der Waals surface area contributed by atoms with Gasteiger partial charge in [0, 0.05) is 19.6 Å². The molecule has 3 aromatic carbocycles. The molecule has 1 heterocycles. The quantitative estimate of drug-likeness (QED) is 0.555. The first-order valence-electron chi connectivity index (χ1n) is 11.6. The predicted octanol–water partition coefficient (Wildman–Crippen LogP) is 4.78. The highest BCUT2D eigenvalue weighted by Crippen LogP contribution is 2.22. The molecule has 5 heteroatoms. The fourth-order valence-electron chi connectivity index (χ4n) is 4.38. The maximum Gasteiger partial charge on any atom is 0.253 e. The van der Waals surface area contributed by atoms with E-state index in [1.807, 2.05) is 42.5 Å². The smallest absolute Gasteiger partial charge is 0.253 e. The predicted molar refractivity (Wildman–Crippen MR) is 132 cm³/mol. The Morgan fingerprint density at radius 2 is 1.70 bits per heavy atom. The van der Waals surface area contributed by atoms with Gasteiger partial charge in [-0.05, 0) is 49.6 Å². The van der Waals surface area contributed by atoms with Crippen molar-refractivity contribution in [1.29, 1.82) is 0 Å². The summed E-state index contributed by atoms with van der Waals surface area (Å²) in [6.45, 7) is 5.12. The fraction of sp³-hybridized carbons (Fsp3) is 0.286. The first kappa shape index (κ1) is 22.7. The van der Waals surface area contributed by atoms with E-state index in [9.17, 15) is 9.59 Å². The largest absolute Gasteiger partial charge is 0.348 e. The van der Waals surface area contributed by atoms with Crippen molar-refractivity contribution in [3.63, 3.8) is 0 Å². The minimum atomic E-state index is -0.195. The Hall–Kier alpha value is -3.44. The number of benzene rings is 3. The summed E-state index contributed by atoms with van der Waals surface area (Å²) in [4.78, 5) is 28.3. The summed E-state index contributed by atoms with van der Waals surface area (Å²) in [6, 6.07) is 25.5. The first-order valence-corrected chi connectivity index (χ1v) is 11.6. The zero-order valence-corrected chi connectivity index (χ0v) is 19.1. The van der Waals surface area contributed by atoms with E-state index >= 15 is 0 Å². The number of nitrogens with one attached hydrogen (secondary N) is 2. The molecule has 1 atom stereocenters. The third kappa shape index (κ3) is 6.30. The number of amides is 2. The van der Waals surface area contributed by atoms with Gasteiger partial charge in [-0.1, -0.05) is 72.3 Å². The molecule has 0 spiro atoms. The topological polar surface area (TPSA) is 61.4 Å². The average molecular weight is 442 g/mol. The molecule has 33 heavy (non-hydrogen) atoms. The highest BCUT2D eigenvalue weighted by Gasteiger charge is 2.26. The van der Waals surface area contributed by atoms with Crippen LogP contribution in [0.2, 0.25) is 0 Å². The Morgan fingerprint density at radius 3 is 2.52 bits per heavy atom. The number of hydrogen-bond acceptors (Lipinski definition) is 3. The van der Waals surface area contributed by atoms with Crippen LogP contribution in [0, 0.1) is 12.8 Å². The van der Waals surface area contributed by atoms with Crippen molar-refractivity contribution in [1.82, 2.24) is 10.2 Å². The second kappa shape index (κ2) is 10.9. The third-order valence-corrected chi connectivity index (χ3v) is 6.09. The molecule has 1 aliphatic heterocycles. The molecule has 0 bridgehead atoms. The monoisotopic (exact) mass is 441 g/mol. The molecule has 0 aliphatic carbocycles. The molecule has 5 nitrogen and oxygen atoms in total. The van der Waals surface area contributed by atoms with Gasteiger partial charge in [0.25, 0.3) is 5.91 Å². The summed E-state index contributed by atoms with van der Waals surface area (Å²) in [5, 5.41) is 5.98. The molecule has 4 rings (SSSR count). The number of carbonyl (C=O) groups is 2. The number of anilines is 1. The number of carbonyl (C=O) groups excluding carboxylic acids is 2. The third-order valence-electron chi connectivity index (χ3n) is 6.09. The van der Waals surface area contributed by atoms with E-state index in [-0.39, 0.29) is 17.7 Å². The number of piperidine rings is 1. The SMILES string of the molecule is Cc1cccc(CN2CCCC(C(=O)Nc3ccccc3C(=O)NCc3ccccc3)C2)c1. The fourth-order valence-corrected chi connectivity index (χ4v) is 4.38. The van der Waals surface area contributed by atoms with Crippen LogP contribution in [0.5, 0.6) is 0 Å². The summed E-state index contributed by atoms with van der Waals surface area (Å²) >= 11 is 0. The molecule has 170 valence electrons. The van der Waals surface area contributed by atoms with Crippen LogP contribution >= 0.6 is 0 Å². The van der Waals surface area contributed by atoms with Gasteiger partial charge in [0.1, 0.15) is 0 Å². The van der Waals surface area contributed by atoms with Crippen LogP contribution in [-0.4, -0.2) is 29.8 Å². The molecule has 3 aromatic rings. The van der Waals surface area contributed by atoms with E-state index < -0.39 is 0 Å². The zero-order chi connectivity index (χ0) is 23.0. The van der Waals surface area contributed by atoms with Crippen molar-refractivity contribution >= 4 is 17.5 Å². The molecule has 1 saturated heterocycles. The highest BCUT2D eigenvalue weighted by molar-refractivity contribution is 6.04. The second-order valence-electron chi connectivity index (χ2n) is 8.77. The van der Waals surface area contributed by atoms with Crippen LogP contribution in [0.1, 0.15) is 39.9 Å². The number of likely N-dealkylation sites (tertiary alicyclic amines) is 1. The Kier molecular flexibility index (Phi) is 7.53. The number of hydrogen-bond donors (Lipinski definition) is 2. The standard InChI is InChI=1S/C28H31N3O2/c1-21-9-7-12-23(17-21)19-31-16-8-13-24(20-31)27(32)30-26-15-6-5-14-25(26)28(33)29-18-22-10-3-2-4-11-22/h2-7,9-12,14-15,17,24H,8,13,16,18-20H2,1H3,(H,29,33)(H,30,32). The molecule has 1 fully saturated rings. The molecular formula is C28H31N3O2. The Labute approximate surface area is 195 Å². The summed E-state index contributed by atoms with van der Waals surface area (Å²) in [5.41, 5.74) is 4.60. The molecule has 0 saturated carbocycles. The maximum atomic E-state index is 13.1. The van der Waals surface area contributed by atoms with E-state index in [1.165, 1.54) is 11.1 Å². The molecule has 1 unspecified atom stereocenters. The summed E-state index contributed by atoms with van der Waals surface area (Å²) < 4.78 is 0. The lowest BCUT2D eigenvalue weighted by Crippen LogP contribution is -2.40. The first-order chi connectivity index (χ1) is 16.1. The van der Waals surface area contributed by atoms with Gasteiger partial charge in [-0.15, -0.1) is 0 Å². The van der Waals surface area contributed by atoms with Gasteiger partial charge in [0.2, 0.25) is 5.91 Å². The minimum Gasteiger partial charge on any atom is -0.348 e. The number of rotatable bonds is 7. The van der Waals surface area contributed by atoms with Gasteiger partial charge in [-0.25, -0.2) is 0 Å². The second-order valence-corrected chi connectivity index (χ2v) is 8.77. The van der Waals surface area contributed by atoms with Gasteiger partial charge in [-0.3, -0.25) is 14.5 Å². The summed E-state index contributed by atoms with van der Waals surface area (Å²) in [7, 11) is 0. The average Bonchev–Trinajstić information content (AvgIpc) is 2.84. The van der Waals surface area contributed by atoms with Gasteiger partial charge in [0.15, 0.2) is 0 Å². The number of para-hydroxylation sites is 1. The lowest BCUT2D eigenvalue weighted by Gasteiger charge is -2.32. The van der Waals surface area contributed by atoms with Gasteiger partial charge in [0.05, 0.1) is 17.2 Å². The van der Waals surface area contributed by atoms with Gasteiger partial charge < -0.3 is 10.6 Å². The molecule has 1 aliphatic rings. The van der Waals surface area contributed by atoms with Crippen LogP contribution < -0.4 is 10.6 Å². The molecular weight excluding hydrogens is 410 g/mol. The van der Waals surface area contributed by atoms with Crippen LogP contribution in [0.4, 0.5) is 5.69 Å². The Morgan fingerprint density at radius 1 is 0.939 bits per heavy atom. The van der Waals surface area contributed by atoms with Gasteiger partial charge >= 0.3 is 0 Å². The lowest BCUT2D eigenvalue weighted by atomic mass is 9.96. The van der Waals surface area contributed by atoms with Crippen LogP contribution in [-0.2, 0) is 17.9 Å². The Balaban J connectivity index is 1.37. The molecule has 0 aromatic heterocycles. The lowest BCUT2D eigenvalue weighted by molar-refractivity contribution is -0.121. The van der Waals surface area contributed by atoms with Crippen molar-refractivity contribution in [3.05, 3.63) is 101 Å². The van der Waals surface area contributed by atoms with E-state index in [0.29, 0.717) is 17.8 Å².